The SMILES string of the molecule is CCCCCCCCCCC[n+]1ccccc1-c1ccccn1.[Br-]. The van der Waals surface area contributed by atoms with E-state index in [4.69, 9.17) is 0 Å². The first-order valence-electron chi connectivity index (χ1n) is 9.31. The lowest BCUT2D eigenvalue weighted by Gasteiger charge is -2.04. The largest absolute Gasteiger partial charge is 1.00 e. The first-order valence-corrected chi connectivity index (χ1v) is 9.31. The molecule has 0 spiro atoms. The van der Waals surface area contributed by atoms with Gasteiger partial charge in [-0.05, 0) is 24.6 Å². The maximum atomic E-state index is 4.48. The zero-order chi connectivity index (χ0) is 16.2. The lowest BCUT2D eigenvalue weighted by molar-refractivity contribution is -0.686. The average molecular weight is 391 g/mol. The maximum Gasteiger partial charge on any atom is 0.231 e. The van der Waals surface area contributed by atoms with Crippen LogP contribution in [0.15, 0.2) is 48.8 Å². The van der Waals surface area contributed by atoms with E-state index in [1.165, 1.54) is 63.5 Å². The van der Waals surface area contributed by atoms with Crippen LogP contribution in [-0.2, 0) is 6.54 Å². The molecule has 0 fully saturated rings. The molecule has 0 aliphatic heterocycles. The van der Waals surface area contributed by atoms with Gasteiger partial charge in [-0.2, -0.15) is 4.57 Å². The second-order valence-electron chi connectivity index (χ2n) is 6.32. The van der Waals surface area contributed by atoms with Crippen LogP contribution in [0.3, 0.4) is 0 Å². The van der Waals surface area contributed by atoms with Crippen LogP contribution >= 0.6 is 0 Å². The van der Waals surface area contributed by atoms with Gasteiger partial charge in [-0.3, -0.25) is 0 Å². The Hall–Kier alpha value is -1.22. The van der Waals surface area contributed by atoms with E-state index in [0.717, 1.165) is 12.2 Å². The third-order valence-electron chi connectivity index (χ3n) is 4.37. The molecule has 2 aromatic rings. The van der Waals surface area contributed by atoms with Gasteiger partial charge < -0.3 is 17.0 Å². The minimum absolute atomic E-state index is 0. The van der Waals surface area contributed by atoms with Crippen molar-refractivity contribution >= 4 is 0 Å². The van der Waals surface area contributed by atoms with Gasteiger partial charge in [0.05, 0.1) is 0 Å². The van der Waals surface area contributed by atoms with Gasteiger partial charge in [0.2, 0.25) is 5.69 Å². The van der Waals surface area contributed by atoms with Gasteiger partial charge >= 0.3 is 0 Å². The van der Waals surface area contributed by atoms with Crippen LogP contribution < -0.4 is 21.5 Å². The fourth-order valence-electron chi connectivity index (χ4n) is 3.01. The molecule has 2 heterocycles. The van der Waals surface area contributed by atoms with E-state index >= 15 is 0 Å². The van der Waals surface area contributed by atoms with Crippen LogP contribution in [0.5, 0.6) is 0 Å². The Labute approximate surface area is 158 Å². The Bertz CT molecular complexity index is 543. The number of halogens is 1. The summed E-state index contributed by atoms with van der Waals surface area (Å²) in [7, 11) is 0. The number of unbranched alkanes of at least 4 members (excludes halogenated alkanes) is 8. The third kappa shape index (κ3) is 7.57. The summed E-state index contributed by atoms with van der Waals surface area (Å²) in [6.45, 7) is 3.36. The topological polar surface area (TPSA) is 16.8 Å². The van der Waals surface area contributed by atoms with E-state index in [2.05, 4.69) is 53.0 Å². The van der Waals surface area contributed by atoms with E-state index in [1.54, 1.807) is 0 Å². The van der Waals surface area contributed by atoms with Gasteiger partial charge in [-0.25, -0.2) is 4.98 Å². The summed E-state index contributed by atoms with van der Waals surface area (Å²) in [5.74, 6) is 0. The summed E-state index contributed by atoms with van der Waals surface area (Å²) in [5.41, 5.74) is 2.27. The zero-order valence-electron chi connectivity index (χ0n) is 15.0. The second kappa shape index (κ2) is 13.1. The fraction of sp³-hybridized carbons (Fsp3) is 0.524. The zero-order valence-corrected chi connectivity index (χ0v) is 16.5. The molecule has 0 saturated heterocycles. The normalized spacial score (nSPS) is 10.4. The van der Waals surface area contributed by atoms with E-state index in [9.17, 15) is 0 Å². The summed E-state index contributed by atoms with van der Waals surface area (Å²) < 4.78 is 2.34. The molecule has 0 amide bonds. The van der Waals surface area contributed by atoms with Gasteiger partial charge in [0, 0.05) is 24.8 Å². The van der Waals surface area contributed by atoms with Crippen molar-refractivity contribution < 1.29 is 21.5 Å². The molecule has 2 aromatic heterocycles. The average Bonchev–Trinajstić information content (AvgIpc) is 2.61. The first kappa shape index (κ1) is 20.8. The van der Waals surface area contributed by atoms with Crippen molar-refractivity contribution in [3.8, 4) is 11.4 Å². The van der Waals surface area contributed by atoms with Gasteiger partial charge in [-0.15, -0.1) is 0 Å². The van der Waals surface area contributed by atoms with Crippen molar-refractivity contribution in [2.75, 3.05) is 0 Å². The molecular formula is C21H31BrN2. The maximum absolute atomic E-state index is 4.48. The smallest absolute Gasteiger partial charge is 0.231 e. The minimum Gasteiger partial charge on any atom is -1.00 e. The molecule has 24 heavy (non-hydrogen) atoms. The summed E-state index contributed by atoms with van der Waals surface area (Å²) in [4.78, 5) is 4.48. The van der Waals surface area contributed by atoms with Crippen LogP contribution in [0.2, 0.25) is 0 Å². The van der Waals surface area contributed by atoms with E-state index in [0.29, 0.717) is 0 Å². The highest BCUT2D eigenvalue weighted by Gasteiger charge is 2.12. The van der Waals surface area contributed by atoms with Crippen LogP contribution in [-0.4, -0.2) is 4.98 Å². The summed E-state index contributed by atoms with van der Waals surface area (Å²) >= 11 is 0. The van der Waals surface area contributed by atoms with Crippen molar-refractivity contribution in [3.63, 3.8) is 0 Å². The molecule has 2 nitrogen and oxygen atoms in total. The first-order chi connectivity index (χ1) is 11.4. The standard InChI is InChI=1S/C21H31N2.BrH/c1-2-3-4-5-6-7-8-9-13-18-23-19-14-11-16-21(23)20-15-10-12-17-22-20;/h10-12,14-17,19H,2-9,13,18H2,1H3;1H/q+1;/p-1. The molecule has 0 aliphatic rings. The van der Waals surface area contributed by atoms with Crippen molar-refractivity contribution in [2.45, 2.75) is 71.3 Å². The molecule has 2 rings (SSSR count). The third-order valence-corrected chi connectivity index (χ3v) is 4.37. The number of pyridine rings is 2. The molecule has 0 N–H and O–H groups in total. The molecule has 0 saturated carbocycles. The van der Waals surface area contributed by atoms with Crippen molar-refractivity contribution in [3.05, 3.63) is 48.8 Å². The summed E-state index contributed by atoms with van der Waals surface area (Å²) in [6, 6.07) is 12.5. The predicted molar refractivity (Wildman–Crippen MR) is 97.1 cm³/mol. The number of aromatic nitrogens is 2. The van der Waals surface area contributed by atoms with Gasteiger partial charge in [-0.1, -0.05) is 57.9 Å². The van der Waals surface area contributed by atoms with Crippen LogP contribution in [0.25, 0.3) is 11.4 Å². The molecule has 0 unspecified atom stereocenters. The van der Waals surface area contributed by atoms with Crippen LogP contribution in [0, 0.1) is 0 Å². The lowest BCUT2D eigenvalue weighted by atomic mass is 10.1. The Morgan fingerprint density at radius 1 is 0.792 bits per heavy atom. The molecule has 0 aromatic carbocycles. The Morgan fingerprint density at radius 3 is 2.12 bits per heavy atom. The van der Waals surface area contributed by atoms with Crippen molar-refractivity contribution in [1.82, 2.24) is 4.98 Å². The highest BCUT2D eigenvalue weighted by Crippen LogP contribution is 2.12. The van der Waals surface area contributed by atoms with Crippen molar-refractivity contribution in [1.29, 1.82) is 0 Å². The minimum atomic E-state index is 0. The highest BCUT2D eigenvalue weighted by atomic mass is 79.9. The molecule has 0 aliphatic carbocycles. The molecule has 132 valence electrons. The fourth-order valence-corrected chi connectivity index (χ4v) is 3.01. The van der Waals surface area contributed by atoms with E-state index in [1.807, 2.05) is 12.3 Å². The molecule has 0 radical (unpaired) electrons. The summed E-state index contributed by atoms with van der Waals surface area (Å²) in [5, 5.41) is 0. The Morgan fingerprint density at radius 2 is 1.46 bits per heavy atom. The molecule has 3 heteroatoms. The molecule has 0 atom stereocenters. The number of hydrogen-bond acceptors (Lipinski definition) is 1. The molecular weight excluding hydrogens is 360 g/mol. The van der Waals surface area contributed by atoms with E-state index in [-0.39, 0.29) is 17.0 Å². The number of aryl methyl sites for hydroxylation is 1. The quantitative estimate of drug-likeness (QED) is 0.425. The van der Waals surface area contributed by atoms with Crippen LogP contribution in [0.4, 0.5) is 0 Å². The second-order valence-corrected chi connectivity index (χ2v) is 6.32. The van der Waals surface area contributed by atoms with Gasteiger partial charge in [0.1, 0.15) is 12.2 Å². The number of nitrogens with zero attached hydrogens (tertiary/aromatic N) is 2. The Balaban J connectivity index is 0.00000288. The van der Waals surface area contributed by atoms with Gasteiger partial charge in [0.15, 0.2) is 6.20 Å². The number of rotatable bonds is 11. The van der Waals surface area contributed by atoms with E-state index < -0.39 is 0 Å². The lowest BCUT2D eigenvalue weighted by Crippen LogP contribution is -3.00. The highest BCUT2D eigenvalue weighted by molar-refractivity contribution is 5.49. The van der Waals surface area contributed by atoms with Crippen LogP contribution in [0.1, 0.15) is 64.7 Å². The van der Waals surface area contributed by atoms with Crippen molar-refractivity contribution in [2.24, 2.45) is 0 Å². The Kier molecular flexibility index (Phi) is 11.4. The predicted octanol–water partition coefficient (Wildman–Crippen LogP) is 2.57. The molecule has 0 bridgehead atoms. The monoisotopic (exact) mass is 390 g/mol. The van der Waals surface area contributed by atoms with Gasteiger partial charge in [0.25, 0.3) is 0 Å². The summed E-state index contributed by atoms with van der Waals surface area (Å²) in [6.07, 6.45) is 16.4. The number of hydrogen-bond donors (Lipinski definition) is 0.